The normalized spacial score (nSPS) is 10.3. The lowest BCUT2D eigenvalue weighted by atomic mass is 10.1. The zero-order valence-electron chi connectivity index (χ0n) is 11.7. The molecule has 0 aliphatic carbocycles. The predicted molar refractivity (Wildman–Crippen MR) is 92.1 cm³/mol. The Hall–Kier alpha value is -1.33. The van der Waals surface area contributed by atoms with Crippen molar-refractivity contribution in [1.29, 1.82) is 0 Å². The number of carbonyl (C=O) groups is 1. The van der Waals surface area contributed by atoms with Crippen LogP contribution >= 0.6 is 31.9 Å². The highest BCUT2D eigenvalue weighted by atomic mass is 79.9. The van der Waals surface area contributed by atoms with Gasteiger partial charge in [-0.3, -0.25) is 4.79 Å². The largest absolute Gasteiger partial charge is 0.493 e. The molecule has 21 heavy (non-hydrogen) atoms. The summed E-state index contributed by atoms with van der Waals surface area (Å²) in [6.07, 6.45) is 0. The van der Waals surface area contributed by atoms with Gasteiger partial charge in [-0.25, -0.2) is 0 Å². The maximum absolute atomic E-state index is 12.5. The van der Waals surface area contributed by atoms with E-state index >= 15 is 0 Å². The van der Waals surface area contributed by atoms with Crippen molar-refractivity contribution in [3.05, 3.63) is 56.5 Å². The molecular formula is C16H15Br2NO2. The molecule has 2 rings (SSSR count). The monoisotopic (exact) mass is 411 g/mol. The Morgan fingerprint density at radius 3 is 2.62 bits per heavy atom. The lowest BCUT2D eigenvalue weighted by Crippen LogP contribution is -2.14. The van der Waals surface area contributed by atoms with E-state index in [1.165, 1.54) is 0 Å². The van der Waals surface area contributed by atoms with Crippen molar-refractivity contribution >= 4 is 43.5 Å². The first-order valence-corrected chi connectivity index (χ1v) is 8.09. The molecule has 0 radical (unpaired) electrons. The second-order valence-corrected chi connectivity index (χ2v) is 6.28. The molecular weight excluding hydrogens is 398 g/mol. The van der Waals surface area contributed by atoms with E-state index in [2.05, 4.69) is 37.2 Å². The third-order valence-electron chi connectivity index (χ3n) is 2.86. The number of benzene rings is 2. The highest BCUT2D eigenvalue weighted by Gasteiger charge is 2.14. The molecule has 0 bridgehead atoms. The van der Waals surface area contributed by atoms with Crippen LogP contribution in [0.25, 0.3) is 0 Å². The average Bonchev–Trinajstić information content (AvgIpc) is 2.44. The molecule has 110 valence electrons. The first kappa shape index (κ1) is 16.0. The highest BCUT2D eigenvalue weighted by molar-refractivity contribution is 9.10. The molecule has 0 fully saturated rings. The van der Waals surface area contributed by atoms with Crippen molar-refractivity contribution in [3.8, 4) is 5.75 Å². The molecule has 0 saturated carbocycles. The summed E-state index contributed by atoms with van der Waals surface area (Å²) in [6, 6.07) is 11.2. The zero-order valence-corrected chi connectivity index (χ0v) is 14.9. The summed E-state index contributed by atoms with van der Waals surface area (Å²) in [4.78, 5) is 12.5. The van der Waals surface area contributed by atoms with Crippen LogP contribution in [-0.2, 0) is 0 Å². The first-order valence-electron chi connectivity index (χ1n) is 6.51. The van der Waals surface area contributed by atoms with Crippen molar-refractivity contribution in [2.75, 3.05) is 11.9 Å². The number of carbonyl (C=O) groups excluding carboxylic acids is 1. The number of amides is 1. The van der Waals surface area contributed by atoms with Gasteiger partial charge in [-0.2, -0.15) is 0 Å². The molecule has 3 nitrogen and oxygen atoms in total. The van der Waals surface area contributed by atoms with Gasteiger partial charge in [0.05, 0.1) is 17.9 Å². The first-order chi connectivity index (χ1) is 10.0. The number of hydrogen-bond donors (Lipinski definition) is 1. The van der Waals surface area contributed by atoms with E-state index in [1.54, 1.807) is 12.1 Å². The summed E-state index contributed by atoms with van der Waals surface area (Å²) in [5.41, 5.74) is 2.35. The minimum atomic E-state index is -0.204. The Balaban J connectivity index is 2.29. The van der Waals surface area contributed by atoms with Crippen LogP contribution in [0, 0.1) is 6.92 Å². The summed E-state index contributed by atoms with van der Waals surface area (Å²) in [5, 5.41) is 2.89. The Kier molecular flexibility index (Phi) is 5.42. The van der Waals surface area contributed by atoms with Crippen molar-refractivity contribution < 1.29 is 9.53 Å². The number of halogens is 2. The summed E-state index contributed by atoms with van der Waals surface area (Å²) >= 11 is 6.84. The third-order valence-corrected chi connectivity index (χ3v) is 4.01. The van der Waals surface area contributed by atoms with E-state index in [9.17, 15) is 4.79 Å². The number of ether oxygens (including phenoxy) is 1. The molecule has 0 heterocycles. The van der Waals surface area contributed by atoms with Crippen LogP contribution in [0.4, 0.5) is 5.69 Å². The molecule has 1 amide bonds. The van der Waals surface area contributed by atoms with Crippen LogP contribution in [0.1, 0.15) is 22.8 Å². The fourth-order valence-electron chi connectivity index (χ4n) is 1.87. The molecule has 1 N–H and O–H groups in total. The Morgan fingerprint density at radius 2 is 1.95 bits per heavy atom. The van der Waals surface area contributed by atoms with Gasteiger partial charge in [-0.05, 0) is 65.7 Å². The van der Waals surface area contributed by atoms with Crippen molar-refractivity contribution in [1.82, 2.24) is 0 Å². The lowest BCUT2D eigenvalue weighted by molar-refractivity contribution is 0.102. The van der Waals surface area contributed by atoms with E-state index in [4.69, 9.17) is 4.74 Å². The van der Waals surface area contributed by atoms with E-state index in [1.807, 2.05) is 38.1 Å². The number of aryl methyl sites for hydroxylation is 1. The fraction of sp³-hybridized carbons (Fsp3) is 0.188. The van der Waals surface area contributed by atoms with Crippen LogP contribution in [0.5, 0.6) is 5.75 Å². The SMILES string of the molecule is CCOc1ccc(Br)cc1C(=O)Nc1ccc(C)cc1Br. The maximum Gasteiger partial charge on any atom is 0.259 e. The second-order valence-electron chi connectivity index (χ2n) is 4.51. The van der Waals surface area contributed by atoms with Gasteiger partial charge in [0.1, 0.15) is 5.75 Å². The van der Waals surface area contributed by atoms with Gasteiger partial charge in [0.2, 0.25) is 0 Å². The number of anilines is 1. The number of hydrogen-bond acceptors (Lipinski definition) is 2. The Labute approximate surface area is 141 Å². The molecule has 0 unspecified atom stereocenters. The molecule has 0 aliphatic heterocycles. The summed E-state index contributed by atoms with van der Waals surface area (Å²) in [5.74, 6) is 0.366. The Morgan fingerprint density at radius 1 is 1.19 bits per heavy atom. The minimum absolute atomic E-state index is 0.204. The van der Waals surface area contributed by atoms with E-state index in [0.717, 1.165) is 20.2 Å². The summed E-state index contributed by atoms with van der Waals surface area (Å²) in [6.45, 7) is 4.40. The van der Waals surface area contributed by atoms with Crippen LogP contribution in [0.3, 0.4) is 0 Å². The summed E-state index contributed by atoms with van der Waals surface area (Å²) in [7, 11) is 0. The number of nitrogens with one attached hydrogen (secondary N) is 1. The lowest BCUT2D eigenvalue weighted by Gasteiger charge is -2.12. The van der Waals surface area contributed by atoms with Gasteiger partial charge in [-0.1, -0.05) is 22.0 Å². The van der Waals surface area contributed by atoms with Crippen LogP contribution < -0.4 is 10.1 Å². The van der Waals surface area contributed by atoms with Crippen molar-refractivity contribution in [3.63, 3.8) is 0 Å². The van der Waals surface area contributed by atoms with E-state index in [-0.39, 0.29) is 5.91 Å². The molecule has 0 atom stereocenters. The van der Waals surface area contributed by atoms with Crippen LogP contribution in [0.15, 0.2) is 45.3 Å². The maximum atomic E-state index is 12.5. The standard InChI is InChI=1S/C16H15Br2NO2/c1-3-21-15-7-5-11(17)9-12(15)16(20)19-14-6-4-10(2)8-13(14)18/h4-9H,3H2,1-2H3,(H,19,20). The smallest absolute Gasteiger partial charge is 0.259 e. The highest BCUT2D eigenvalue weighted by Crippen LogP contribution is 2.27. The third kappa shape index (κ3) is 4.08. The molecule has 2 aromatic carbocycles. The number of rotatable bonds is 4. The fourth-order valence-corrected chi connectivity index (χ4v) is 2.83. The van der Waals surface area contributed by atoms with Crippen molar-refractivity contribution in [2.24, 2.45) is 0 Å². The Bertz CT molecular complexity index is 671. The quantitative estimate of drug-likeness (QED) is 0.751. The minimum Gasteiger partial charge on any atom is -0.493 e. The van der Waals surface area contributed by atoms with Gasteiger partial charge < -0.3 is 10.1 Å². The van der Waals surface area contributed by atoms with Crippen LogP contribution in [0.2, 0.25) is 0 Å². The second kappa shape index (κ2) is 7.09. The predicted octanol–water partition coefficient (Wildman–Crippen LogP) is 5.17. The van der Waals surface area contributed by atoms with Crippen molar-refractivity contribution in [2.45, 2.75) is 13.8 Å². The molecule has 5 heteroatoms. The van der Waals surface area contributed by atoms with Gasteiger partial charge in [0, 0.05) is 8.95 Å². The van der Waals surface area contributed by atoms with Crippen LogP contribution in [-0.4, -0.2) is 12.5 Å². The average molecular weight is 413 g/mol. The van der Waals surface area contributed by atoms with Gasteiger partial charge in [0.15, 0.2) is 0 Å². The summed E-state index contributed by atoms with van der Waals surface area (Å²) < 4.78 is 7.19. The van der Waals surface area contributed by atoms with E-state index < -0.39 is 0 Å². The molecule has 0 aliphatic rings. The molecule has 0 aromatic heterocycles. The van der Waals surface area contributed by atoms with Gasteiger partial charge in [-0.15, -0.1) is 0 Å². The molecule has 0 saturated heterocycles. The van der Waals surface area contributed by atoms with Gasteiger partial charge in [0.25, 0.3) is 5.91 Å². The topological polar surface area (TPSA) is 38.3 Å². The molecule has 2 aromatic rings. The van der Waals surface area contributed by atoms with E-state index in [0.29, 0.717) is 17.9 Å². The zero-order chi connectivity index (χ0) is 15.4. The molecule has 0 spiro atoms. The van der Waals surface area contributed by atoms with Gasteiger partial charge >= 0.3 is 0 Å².